The molecule has 13 heavy (non-hydrogen) atoms. The minimum atomic E-state index is -0.350. The number of rotatable bonds is 2. The standard InChI is InChI=1S/C9H13NOS2/c11-9(7-5-12-6-10-7)8-3-1-2-4-13-8/h5-6,8-9,11H,1-4H2. The molecular formula is C9H13NOS2. The number of aliphatic hydroxyl groups excluding tert-OH is 1. The highest BCUT2D eigenvalue weighted by molar-refractivity contribution is 7.99. The normalized spacial score (nSPS) is 25.8. The maximum Gasteiger partial charge on any atom is 0.109 e. The third-order valence-corrected chi connectivity index (χ3v) is 4.37. The van der Waals surface area contributed by atoms with Crippen LogP contribution in [0.3, 0.4) is 0 Å². The molecule has 72 valence electrons. The Kier molecular flexibility index (Phi) is 3.24. The number of aliphatic hydroxyl groups is 1. The molecule has 1 aliphatic rings. The van der Waals surface area contributed by atoms with E-state index in [4.69, 9.17) is 0 Å². The molecule has 1 aromatic heterocycles. The zero-order valence-corrected chi connectivity index (χ0v) is 8.98. The molecule has 1 aromatic rings. The van der Waals surface area contributed by atoms with Gasteiger partial charge in [0, 0.05) is 10.6 Å². The molecule has 1 fully saturated rings. The summed E-state index contributed by atoms with van der Waals surface area (Å²) < 4.78 is 0. The molecule has 0 aliphatic carbocycles. The van der Waals surface area contributed by atoms with Gasteiger partial charge in [-0.1, -0.05) is 6.42 Å². The number of thiazole rings is 1. The highest BCUT2D eigenvalue weighted by Gasteiger charge is 2.24. The lowest BCUT2D eigenvalue weighted by molar-refractivity contribution is 0.165. The molecule has 4 heteroatoms. The van der Waals surface area contributed by atoms with Crippen molar-refractivity contribution in [3.8, 4) is 0 Å². The molecule has 2 nitrogen and oxygen atoms in total. The van der Waals surface area contributed by atoms with E-state index < -0.39 is 0 Å². The Morgan fingerprint density at radius 1 is 1.54 bits per heavy atom. The van der Waals surface area contributed by atoms with E-state index in [1.54, 1.807) is 16.8 Å². The first-order valence-electron chi connectivity index (χ1n) is 4.55. The molecular weight excluding hydrogens is 202 g/mol. The minimum absolute atomic E-state index is 0.350. The fourth-order valence-corrected chi connectivity index (χ4v) is 3.48. The molecule has 1 N–H and O–H groups in total. The monoisotopic (exact) mass is 215 g/mol. The SMILES string of the molecule is OC(c1cscn1)C1CCCCS1. The van der Waals surface area contributed by atoms with E-state index in [1.807, 2.05) is 17.1 Å². The van der Waals surface area contributed by atoms with E-state index in [1.165, 1.54) is 18.6 Å². The Balaban J connectivity index is 1.99. The minimum Gasteiger partial charge on any atom is -0.386 e. The Morgan fingerprint density at radius 3 is 3.08 bits per heavy atom. The van der Waals surface area contributed by atoms with Gasteiger partial charge < -0.3 is 5.11 Å². The summed E-state index contributed by atoms with van der Waals surface area (Å²) in [5.41, 5.74) is 2.64. The molecule has 0 aromatic carbocycles. The lowest BCUT2D eigenvalue weighted by Gasteiger charge is -2.24. The van der Waals surface area contributed by atoms with Crippen LogP contribution in [0.5, 0.6) is 0 Å². The van der Waals surface area contributed by atoms with Gasteiger partial charge in [0.05, 0.1) is 11.2 Å². The van der Waals surface area contributed by atoms with Gasteiger partial charge in [-0.05, 0) is 18.6 Å². The van der Waals surface area contributed by atoms with Gasteiger partial charge in [-0.2, -0.15) is 11.8 Å². The number of aromatic nitrogens is 1. The van der Waals surface area contributed by atoms with E-state index in [-0.39, 0.29) is 6.10 Å². The summed E-state index contributed by atoms with van der Waals surface area (Å²) in [5.74, 6) is 1.19. The molecule has 0 bridgehead atoms. The van der Waals surface area contributed by atoms with Crippen LogP contribution in [0.25, 0.3) is 0 Å². The van der Waals surface area contributed by atoms with E-state index in [0.717, 1.165) is 12.1 Å². The number of nitrogens with zero attached hydrogens (tertiary/aromatic N) is 1. The van der Waals surface area contributed by atoms with Crippen molar-refractivity contribution in [1.82, 2.24) is 4.98 Å². The number of thioether (sulfide) groups is 1. The van der Waals surface area contributed by atoms with Crippen LogP contribution >= 0.6 is 23.1 Å². The summed E-state index contributed by atoms with van der Waals surface area (Å²) in [6.07, 6.45) is 3.32. The Labute approximate surface area is 86.4 Å². The molecule has 1 saturated heterocycles. The van der Waals surface area contributed by atoms with Crippen molar-refractivity contribution in [3.05, 3.63) is 16.6 Å². The predicted octanol–water partition coefficient (Wildman–Crippen LogP) is 2.46. The van der Waals surface area contributed by atoms with Gasteiger partial charge in [-0.25, -0.2) is 4.98 Å². The van der Waals surface area contributed by atoms with Crippen LogP contribution in [0.15, 0.2) is 10.9 Å². The van der Waals surface area contributed by atoms with Crippen molar-refractivity contribution in [2.24, 2.45) is 0 Å². The van der Waals surface area contributed by atoms with Crippen LogP contribution in [0, 0.1) is 0 Å². The van der Waals surface area contributed by atoms with Crippen LogP contribution in [0.2, 0.25) is 0 Å². The summed E-state index contributed by atoms with van der Waals surface area (Å²) in [4.78, 5) is 4.15. The maximum absolute atomic E-state index is 9.96. The first-order chi connectivity index (χ1) is 6.38. The molecule has 0 radical (unpaired) electrons. The smallest absolute Gasteiger partial charge is 0.109 e. The second-order valence-electron chi connectivity index (χ2n) is 3.26. The van der Waals surface area contributed by atoms with Gasteiger partial charge in [0.15, 0.2) is 0 Å². The molecule has 0 amide bonds. The van der Waals surface area contributed by atoms with Gasteiger partial charge in [0.1, 0.15) is 6.10 Å². The molecule has 2 unspecified atom stereocenters. The quantitative estimate of drug-likeness (QED) is 0.822. The van der Waals surface area contributed by atoms with Crippen LogP contribution < -0.4 is 0 Å². The van der Waals surface area contributed by atoms with Gasteiger partial charge in [0.25, 0.3) is 0 Å². The Hall–Kier alpha value is -0.0600. The van der Waals surface area contributed by atoms with Crippen LogP contribution in [0.4, 0.5) is 0 Å². The fraction of sp³-hybridized carbons (Fsp3) is 0.667. The average molecular weight is 215 g/mol. The summed E-state index contributed by atoms with van der Waals surface area (Å²) >= 11 is 3.44. The third kappa shape index (κ3) is 2.24. The highest BCUT2D eigenvalue weighted by Crippen LogP contribution is 2.34. The van der Waals surface area contributed by atoms with Gasteiger partial charge in [-0.3, -0.25) is 0 Å². The molecule has 0 spiro atoms. The zero-order chi connectivity index (χ0) is 9.10. The van der Waals surface area contributed by atoms with Crippen molar-refractivity contribution >= 4 is 23.1 Å². The molecule has 2 atom stereocenters. The van der Waals surface area contributed by atoms with Gasteiger partial charge >= 0.3 is 0 Å². The van der Waals surface area contributed by atoms with Gasteiger partial charge in [0.2, 0.25) is 0 Å². The second-order valence-corrected chi connectivity index (χ2v) is 5.33. The third-order valence-electron chi connectivity index (χ3n) is 2.32. The first-order valence-corrected chi connectivity index (χ1v) is 6.55. The predicted molar refractivity (Wildman–Crippen MR) is 57.2 cm³/mol. The number of hydrogen-bond acceptors (Lipinski definition) is 4. The average Bonchev–Trinajstić information content (AvgIpc) is 2.71. The van der Waals surface area contributed by atoms with Crippen LogP contribution in [-0.4, -0.2) is 21.1 Å². The highest BCUT2D eigenvalue weighted by atomic mass is 32.2. The van der Waals surface area contributed by atoms with E-state index in [2.05, 4.69) is 4.98 Å². The summed E-state index contributed by atoms with van der Waals surface area (Å²) in [6, 6.07) is 0. The summed E-state index contributed by atoms with van der Waals surface area (Å²) in [5, 5.41) is 12.3. The topological polar surface area (TPSA) is 33.1 Å². The fourth-order valence-electron chi connectivity index (χ4n) is 1.57. The molecule has 1 aliphatic heterocycles. The van der Waals surface area contributed by atoms with E-state index >= 15 is 0 Å². The van der Waals surface area contributed by atoms with Crippen molar-refractivity contribution < 1.29 is 5.11 Å². The zero-order valence-electron chi connectivity index (χ0n) is 7.35. The first kappa shape index (κ1) is 9.49. The van der Waals surface area contributed by atoms with Crippen LogP contribution in [0.1, 0.15) is 31.1 Å². The van der Waals surface area contributed by atoms with E-state index in [0.29, 0.717) is 5.25 Å². The lowest BCUT2D eigenvalue weighted by Crippen LogP contribution is -2.19. The summed E-state index contributed by atoms with van der Waals surface area (Å²) in [7, 11) is 0. The number of hydrogen-bond donors (Lipinski definition) is 1. The van der Waals surface area contributed by atoms with Crippen LogP contribution in [-0.2, 0) is 0 Å². The Bertz CT molecular complexity index is 244. The van der Waals surface area contributed by atoms with Gasteiger partial charge in [-0.15, -0.1) is 11.3 Å². The van der Waals surface area contributed by atoms with Crippen molar-refractivity contribution in [1.29, 1.82) is 0 Å². The van der Waals surface area contributed by atoms with E-state index in [9.17, 15) is 5.11 Å². The second kappa shape index (κ2) is 4.44. The van der Waals surface area contributed by atoms with Crippen molar-refractivity contribution in [2.75, 3.05) is 5.75 Å². The molecule has 2 rings (SSSR count). The maximum atomic E-state index is 9.96. The summed E-state index contributed by atoms with van der Waals surface area (Å²) in [6.45, 7) is 0. The van der Waals surface area contributed by atoms with Crippen molar-refractivity contribution in [2.45, 2.75) is 30.6 Å². The molecule has 0 saturated carbocycles. The largest absolute Gasteiger partial charge is 0.386 e. The van der Waals surface area contributed by atoms with Crippen molar-refractivity contribution in [3.63, 3.8) is 0 Å². The Morgan fingerprint density at radius 2 is 2.46 bits per heavy atom. The lowest BCUT2D eigenvalue weighted by atomic mass is 10.1. The molecule has 2 heterocycles.